The van der Waals surface area contributed by atoms with Crippen LogP contribution in [0.15, 0.2) is 66.9 Å². The van der Waals surface area contributed by atoms with Gasteiger partial charge in [-0.3, -0.25) is 14.9 Å². The Bertz CT molecular complexity index is 1420. The predicted octanol–water partition coefficient (Wildman–Crippen LogP) is 6.11. The number of rotatable bonds is 8. The second kappa shape index (κ2) is 10.3. The molecule has 36 heavy (non-hydrogen) atoms. The highest BCUT2D eigenvalue weighted by Crippen LogP contribution is 2.32. The Kier molecular flexibility index (Phi) is 7.00. The van der Waals surface area contributed by atoms with Crippen LogP contribution in [0.25, 0.3) is 0 Å². The highest BCUT2D eigenvalue weighted by Gasteiger charge is 2.16. The molecule has 0 aliphatic rings. The monoisotopic (exact) mass is 486 g/mol. The first-order valence-electron chi connectivity index (χ1n) is 11.3. The number of ether oxygens (including phenoxy) is 2. The van der Waals surface area contributed by atoms with E-state index in [-0.39, 0.29) is 29.5 Å². The summed E-state index contributed by atoms with van der Waals surface area (Å²) >= 11 is 0. The van der Waals surface area contributed by atoms with Crippen LogP contribution < -0.4 is 14.8 Å². The van der Waals surface area contributed by atoms with Gasteiger partial charge in [0.2, 0.25) is 0 Å². The number of nitro benzene ring substituents is 1. The number of amides is 1. The van der Waals surface area contributed by atoms with Gasteiger partial charge in [0.25, 0.3) is 11.6 Å². The standard InChI is InChI=1S/C27H26N4O5/c1-17-5-6-20(4)26(12-17)36-24-14-21(13-22(15-24)31(33)34)28-27(32)25-7-8-30(29-25)16-35-23-10-18(2)9-19(3)11-23/h5-15H,16H2,1-4H3,(H,28,32). The number of hydrogen-bond donors (Lipinski definition) is 1. The molecule has 3 aromatic carbocycles. The Hall–Kier alpha value is -4.66. The van der Waals surface area contributed by atoms with Crippen molar-refractivity contribution in [3.8, 4) is 17.2 Å². The zero-order valence-electron chi connectivity index (χ0n) is 20.4. The molecule has 1 aromatic heterocycles. The van der Waals surface area contributed by atoms with E-state index in [1.54, 1.807) is 12.3 Å². The maximum absolute atomic E-state index is 12.8. The van der Waals surface area contributed by atoms with Crippen LogP contribution in [0.4, 0.5) is 11.4 Å². The molecule has 9 nitrogen and oxygen atoms in total. The highest BCUT2D eigenvalue weighted by molar-refractivity contribution is 6.03. The van der Waals surface area contributed by atoms with Crippen molar-refractivity contribution in [1.29, 1.82) is 0 Å². The average molecular weight is 487 g/mol. The largest absolute Gasteiger partial charge is 0.471 e. The molecular weight excluding hydrogens is 460 g/mol. The Morgan fingerprint density at radius 3 is 2.42 bits per heavy atom. The number of hydrogen-bond acceptors (Lipinski definition) is 6. The molecule has 0 fully saturated rings. The molecule has 184 valence electrons. The lowest BCUT2D eigenvalue weighted by molar-refractivity contribution is -0.384. The number of nitro groups is 1. The van der Waals surface area contributed by atoms with E-state index >= 15 is 0 Å². The zero-order valence-corrected chi connectivity index (χ0v) is 20.4. The van der Waals surface area contributed by atoms with Crippen molar-refractivity contribution in [2.75, 3.05) is 5.32 Å². The molecule has 0 unspecified atom stereocenters. The first-order chi connectivity index (χ1) is 17.2. The van der Waals surface area contributed by atoms with Gasteiger partial charge in [0.05, 0.1) is 16.7 Å². The minimum Gasteiger partial charge on any atom is -0.471 e. The fourth-order valence-electron chi connectivity index (χ4n) is 3.67. The third-order valence-electron chi connectivity index (χ3n) is 5.36. The Morgan fingerprint density at radius 1 is 0.944 bits per heavy atom. The second-order valence-electron chi connectivity index (χ2n) is 8.64. The van der Waals surface area contributed by atoms with Gasteiger partial charge in [0, 0.05) is 18.3 Å². The van der Waals surface area contributed by atoms with E-state index in [0.29, 0.717) is 11.5 Å². The molecule has 0 radical (unpaired) electrons. The van der Waals surface area contributed by atoms with E-state index in [1.165, 1.54) is 22.9 Å². The number of nitrogens with one attached hydrogen (secondary N) is 1. The van der Waals surface area contributed by atoms with Crippen molar-refractivity contribution in [2.24, 2.45) is 0 Å². The Labute approximate surface area is 208 Å². The molecule has 0 aliphatic heterocycles. The molecule has 0 aliphatic carbocycles. The van der Waals surface area contributed by atoms with E-state index in [0.717, 1.165) is 22.3 Å². The van der Waals surface area contributed by atoms with E-state index < -0.39 is 10.8 Å². The van der Waals surface area contributed by atoms with Crippen LogP contribution in [0, 0.1) is 37.8 Å². The maximum atomic E-state index is 12.8. The molecule has 0 saturated heterocycles. The Morgan fingerprint density at radius 2 is 1.69 bits per heavy atom. The summed E-state index contributed by atoms with van der Waals surface area (Å²) in [6.45, 7) is 7.92. The summed E-state index contributed by atoms with van der Waals surface area (Å²) in [6.07, 6.45) is 1.63. The summed E-state index contributed by atoms with van der Waals surface area (Å²) < 4.78 is 13.2. The quantitative estimate of drug-likeness (QED) is 0.238. The van der Waals surface area contributed by atoms with Crippen LogP contribution in [0.1, 0.15) is 32.7 Å². The number of aromatic nitrogens is 2. The summed E-state index contributed by atoms with van der Waals surface area (Å²) in [4.78, 5) is 23.7. The van der Waals surface area contributed by atoms with Crippen LogP contribution in [-0.2, 0) is 6.73 Å². The van der Waals surface area contributed by atoms with Crippen LogP contribution in [0.3, 0.4) is 0 Å². The molecule has 9 heteroatoms. The van der Waals surface area contributed by atoms with Crippen LogP contribution in [0.2, 0.25) is 0 Å². The van der Waals surface area contributed by atoms with E-state index in [1.807, 2.05) is 58.0 Å². The molecule has 0 bridgehead atoms. The van der Waals surface area contributed by atoms with E-state index in [9.17, 15) is 14.9 Å². The second-order valence-corrected chi connectivity index (χ2v) is 8.64. The summed E-state index contributed by atoms with van der Waals surface area (Å²) in [7, 11) is 0. The van der Waals surface area contributed by atoms with Crippen molar-refractivity contribution in [3.05, 3.63) is 105 Å². The topological polar surface area (TPSA) is 109 Å². The molecule has 1 amide bonds. The van der Waals surface area contributed by atoms with Crippen molar-refractivity contribution in [3.63, 3.8) is 0 Å². The summed E-state index contributed by atoms with van der Waals surface area (Å²) in [5, 5.41) is 18.4. The first-order valence-corrected chi connectivity index (χ1v) is 11.3. The van der Waals surface area contributed by atoms with Gasteiger partial charge >= 0.3 is 0 Å². The lowest BCUT2D eigenvalue weighted by Crippen LogP contribution is -2.14. The number of anilines is 1. The number of carbonyl (C=O) groups excluding carboxylic acids is 1. The van der Waals surface area contributed by atoms with Crippen molar-refractivity contribution >= 4 is 17.3 Å². The summed E-state index contributed by atoms with van der Waals surface area (Å²) in [5.41, 5.74) is 4.20. The maximum Gasteiger partial charge on any atom is 0.276 e. The lowest BCUT2D eigenvalue weighted by atomic mass is 10.1. The molecule has 4 aromatic rings. The fraction of sp³-hybridized carbons (Fsp3) is 0.185. The van der Waals surface area contributed by atoms with Crippen molar-refractivity contribution < 1.29 is 19.2 Å². The third kappa shape index (κ3) is 6.06. The zero-order chi connectivity index (χ0) is 25.8. The molecule has 0 atom stereocenters. The molecule has 1 heterocycles. The highest BCUT2D eigenvalue weighted by atomic mass is 16.6. The molecule has 0 spiro atoms. The number of non-ortho nitro benzene ring substituents is 1. The van der Waals surface area contributed by atoms with Crippen LogP contribution in [0.5, 0.6) is 17.2 Å². The van der Waals surface area contributed by atoms with Crippen LogP contribution in [-0.4, -0.2) is 20.6 Å². The van der Waals surface area contributed by atoms with E-state index in [2.05, 4.69) is 16.5 Å². The van der Waals surface area contributed by atoms with Gasteiger partial charge in [-0.05, 0) is 74.2 Å². The Balaban J connectivity index is 1.48. The van der Waals surface area contributed by atoms with Gasteiger partial charge in [0.1, 0.15) is 17.2 Å². The molecular formula is C27H26N4O5. The average Bonchev–Trinajstić information content (AvgIpc) is 3.29. The summed E-state index contributed by atoms with van der Waals surface area (Å²) in [6, 6.07) is 17.3. The number of aryl methyl sites for hydroxylation is 4. The first kappa shape index (κ1) is 24.5. The SMILES string of the molecule is Cc1cc(C)cc(OCn2ccc(C(=O)Nc3cc(Oc4cc(C)ccc4C)cc([N+](=O)[O-])c3)n2)c1. The lowest BCUT2D eigenvalue weighted by Gasteiger charge is -2.11. The fourth-order valence-corrected chi connectivity index (χ4v) is 3.67. The van der Waals surface area contributed by atoms with Gasteiger partial charge in [0.15, 0.2) is 12.4 Å². The number of carbonyl (C=O) groups is 1. The minimum absolute atomic E-state index is 0.126. The van der Waals surface area contributed by atoms with Gasteiger partial charge in [-0.15, -0.1) is 0 Å². The summed E-state index contributed by atoms with van der Waals surface area (Å²) in [5.74, 6) is 1.01. The minimum atomic E-state index is -0.537. The smallest absolute Gasteiger partial charge is 0.276 e. The van der Waals surface area contributed by atoms with Gasteiger partial charge in [-0.2, -0.15) is 5.10 Å². The molecule has 4 rings (SSSR count). The van der Waals surface area contributed by atoms with E-state index in [4.69, 9.17) is 9.47 Å². The number of nitrogens with zero attached hydrogens (tertiary/aromatic N) is 3. The molecule has 1 N–H and O–H groups in total. The number of benzene rings is 3. The normalized spacial score (nSPS) is 10.7. The van der Waals surface area contributed by atoms with Crippen LogP contribution >= 0.6 is 0 Å². The van der Waals surface area contributed by atoms with Gasteiger partial charge in [-0.25, -0.2) is 4.68 Å². The van der Waals surface area contributed by atoms with Gasteiger partial charge in [-0.1, -0.05) is 18.2 Å². The molecule has 0 saturated carbocycles. The van der Waals surface area contributed by atoms with Crippen molar-refractivity contribution in [2.45, 2.75) is 34.4 Å². The predicted molar refractivity (Wildman–Crippen MR) is 136 cm³/mol. The van der Waals surface area contributed by atoms with Gasteiger partial charge < -0.3 is 14.8 Å². The van der Waals surface area contributed by atoms with Crippen molar-refractivity contribution in [1.82, 2.24) is 9.78 Å². The third-order valence-corrected chi connectivity index (χ3v) is 5.36.